The van der Waals surface area contributed by atoms with Gasteiger partial charge in [-0.1, -0.05) is 23.2 Å². The maximum Gasteiger partial charge on any atom is 0.392 e. The predicted molar refractivity (Wildman–Crippen MR) is 47.7 cm³/mol. The van der Waals surface area contributed by atoms with Crippen LogP contribution in [0.1, 0.15) is 0 Å². The SMILES string of the molecule is [O]C(=O)COc1ccc(Cl)cc1Cl. The molecule has 0 N–H and O–H groups in total. The van der Waals surface area contributed by atoms with Gasteiger partial charge in [0.15, 0.2) is 6.61 Å². The van der Waals surface area contributed by atoms with E-state index in [0.29, 0.717) is 5.02 Å². The van der Waals surface area contributed by atoms with Crippen molar-refractivity contribution in [3.8, 4) is 5.75 Å². The first-order valence-corrected chi connectivity index (χ1v) is 4.13. The van der Waals surface area contributed by atoms with E-state index in [0.717, 1.165) is 0 Å². The Hall–Kier alpha value is -0.930. The normalized spacial score (nSPS) is 9.69. The molecule has 0 unspecified atom stereocenters. The van der Waals surface area contributed by atoms with Crippen LogP contribution in [-0.4, -0.2) is 12.6 Å². The minimum Gasteiger partial charge on any atom is -0.480 e. The third-order valence-corrected chi connectivity index (χ3v) is 1.77. The Morgan fingerprint density at radius 3 is 2.62 bits per heavy atom. The fourth-order valence-electron chi connectivity index (χ4n) is 0.729. The number of hydrogen-bond acceptors (Lipinski definition) is 2. The smallest absolute Gasteiger partial charge is 0.392 e. The van der Waals surface area contributed by atoms with Gasteiger partial charge >= 0.3 is 5.97 Å². The van der Waals surface area contributed by atoms with E-state index in [2.05, 4.69) is 0 Å². The summed E-state index contributed by atoms with van der Waals surface area (Å²) < 4.78 is 4.80. The number of hydrogen-bond donors (Lipinski definition) is 0. The monoisotopic (exact) mass is 219 g/mol. The highest BCUT2D eigenvalue weighted by atomic mass is 35.5. The lowest BCUT2D eigenvalue weighted by Crippen LogP contribution is -2.08. The molecular formula is C8H5Cl2O3. The van der Waals surface area contributed by atoms with Crippen LogP contribution in [0.4, 0.5) is 0 Å². The third kappa shape index (κ3) is 3.13. The molecule has 1 aromatic rings. The zero-order chi connectivity index (χ0) is 9.84. The molecule has 0 atom stereocenters. The van der Waals surface area contributed by atoms with Crippen molar-refractivity contribution in [2.45, 2.75) is 0 Å². The van der Waals surface area contributed by atoms with E-state index in [-0.39, 0.29) is 10.8 Å². The Bertz CT molecular complexity index is 325. The summed E-state index contributed by atoms with van der Waals surface area (Å²) >= 11 is 11.3. The predicted octanol–water partition coefficient (Wildman–Crippen LogP) is 2.33. The van der Waals surface area contributed by atoms with Crippen molar-refractivity contribution in [2.24, 2.45) is 0 Å². The van der Waals surface area contributed by atoms with Crippen molar-refractivity contribution in [2.75, 3.05) is 6.61 Å². The number of carbonyl (C=O) groups is 1. The van der Waals surface area contributed by atoms with E-state index < -0.39 is 12.6 Å². The molecule has 0 spiro atoms. The van der Waals surface area contributed by atoms with Gasteiger partial charge in [-0.25, -0.2) is 9.90 Å². The standard InChI is InChI=1S/C8H5Cl2O3/c9-5-1-2-7(6(10)3-5)13-4-8(11)12/h1-3H,4H2. The van der Waals surface area contributed by atoms with Crippen molar-refractivity contribution in [1.29, 1.82) is 0 Å². The van der Waals surface area contributed by atoms with Crippen LogP contribution in [0.15, 0.2) is 18.2 Å². The molecule has 0 saturated carbocycles. The van der Waals surface area contributed by atoms with Crippen LogP contribution in [0.5, 0.6) is 5.75 Å². The fourth-order valence-corrected chi connectivity index (χ4v) is 1.19. The van der Waals surface area contributed by atoms with Crippen LogP contribution in [0.3, 0.4) is 0 Å². The molecule has 0 fully saturated rings. The third-order valence-electron chi connectivity index (χ3n) is 1.24. The number of carbonyl (C=O) groups excluding carboxylic acids is 1. The van der Waals surface area contributed by atoms with Gasteiger partial charge in [-0.05, 0) is 18.2 Å². The molecule has 13 heavy (non-hydrogen) atoms. The number of rotatable bonds is 3. The van der Waals surface area contributed by atoms with E-state index in [1.54, 1.807) is 6.07 Å². The molecule has 0 aromatic heterocycles. The van der Waals surface area contributed by atoms with Gasteiger partial charge in [0.2, 0.25) is 0 Å². The van der Waals surface area contributed by atoms with Gasteiger partial charge in [0, 0.05) is 5.02 Å². The molecular weight excluding hydrogens is 215 g/mol. The summed E-state index contributed by atoms with van der Waals surface area (Å²) in [6, 6.07) is 4.51. The summed E-state index contributed by atoms with van der Waals surface area (Å²) in [5.41, 5.74) is 0. The second kappa shape index (κ2) is 4.35. The maximum absolute atomic E-state index is 10.0. The number of halogens is 2. The minimum atomic E-state index is -1.30. The van der Waals surface area contributed by atoms with Gasteiger partial charge in [0.1, 0.15) is 5.75 Å². The first-order chi connectivity index (χ1) is 6.09. The molecule has 0 aliphatic rings. The van der Waals surface area contributed by atoms with Gasteiger partial charge in [0.05, 0.1) is 5.02 Å². The van der Waals surface area contributed by atoms with Gasteiger partial charge < -0.3 is 4.74 Å². The molecule has 1 rings (SSSR count). The molecule has 69 valence electrons. The quantitative estimate of drug-likeness (QED) is 0.784. The lowest BCUT2D eigenvalue weighted by Gasteiger charge is -2.04. The molecule has 0 saturated heterocycles. The maximum atomic E-state index is 10.0. The van der Waals surface area contributed by atoms with Gasteiger partial charge in [-0.15, -0.1) is 0 Å². The summed E-state index contributed by atoms with van der Waals surface area (Å²) in [6.45, 7) is -0.526. The van der Waals surface area contributed by atoms with Gasteiger partial charge in [0.25, 0.3) is 0 Å². The Kier molecular flexibility index (Phi) is 3.39. The van der Waals surface area contributed by atoms with E-state index >= 15 is 0 Å². The van der Waals surface area contributed by atoms with Gasteiger partial charge in [-0.3, -0.25) is 0 Å². The highest BCUT2D eigenvalue weighted by Crippen LogP contribution is 2.27. The Morgan fingerprint density at radius 2 is 2.08 bits per heavy atom. The largest absolute Gasteiger partial charge is 0.480 e. The summed E-state index contributed by atoms with van der Waals surface area (Å²) in [5.74, 6) is -1.03. The highest BCUT2D eigenvalue weighted by molar-refractivity contribution is 6.35. The topological polar surface area (TPSA) is 46.2 Å². The zero-order valence-electron chi connectivity index (χ0n) is 6.42. The van der Waals surface area contributed by atoms with Crippen LogP contribution in [-0.2, 0) is 9.90 Å². The molecule has 0 bridgehead atoms. The second-order valence-electron chi connectivity index (χ2n) is 2.24. The van der Waals surface area contributed by atoms with Crippen molar-refractivity contribution in [3.05, 3.63) is 28.2 Å². The summed E-state index contributed by atoms with van der Waals surface area (Å²) in [4.78, 5) is 10.0. The molecule has 1 radical (unpaired) electrons. The molecule has 0 amide bonds. The zero-order valence-corrected chi connectivity index (χ0v) is 7.93. The minimum absolute atomic E-state index is 0.272. The molecule has 3 nitrogen and oxygen atoms in total. The highest BCUT2D eigenvalue weighted by Gasteiger charge is 2.05. The van der Waals surface area contributed by atoms with Crippen molar-refractivity contribution in [1.82, 2.24) is 0 Å². The van der Waals surface area contributed by atoms with Crippen LogP contribution in [0.25, 0.3) is 0 Å². The Labute approximate surface area is 84.8 Å². The Balaban J connectivity index is 2.72. The summed E-state index contributed by atoms with van der Waals surface area (Å²) in [7, 11) is 0. The van der Waals surface area contributed by atoms with Crippen LogP contribution in [0.2, 0.25) is 10.0 Å². The van der Waals surface area contributed by atoms with Crippen molar-refractivity contribution >= 4 is 29.2 Å². The lowest BCUT2D eigenvalue weighted by molar-refractivity contribution is -0.145. The van der Waals surface area contributed by atoms with Gasteiger partial charge in [-0.2, -0.15) is 0 Å². The van der Waals surface area contributed by atoms with Crippen LogP contribution < -0.4 is 4.74 Å². The van der Waals surface area contributed by atoms with Crippen molar-refractivity contribution in [3.63, 3.8) is 0 Å². The Morgan fingerprint density at radius 1 is 1.38 bits per heavy atom. The van der Waals surface area contributed by atoms with E-state index in [9.17, 15) is 9.90 Å². The second-order valence-corrected chi connectivity index (χ2v) is 3.08. The fraction of sp³-hybridized carbons (Fsp3) is 0.125. The van der Waals surface area contributed by atoms with E-state index in [1.807, 2.05) is 0 Å². The van der Waals surface area contributed by atoms with Crippen LogP contribution >= 0.6 is 23.2 Å². The van der Waals surface area contributed by atoms with E-state index in [1.165, 1.54) is 12.1 Å². The molecule has 1 aromatic carbocycles. The van der Waals surface area contributed by atoms with Crippen molar-refractivity contribution < 1.29 is 14.6 Å². The molecule has 5 heteroatoms. The lowest BCUT2D eigenvalue weighted by atomic mass is 10.3. The molecule has 0 aliphatic heterocycles. The summed E-state index contributed by atoms with van der Waals surface area (Å²) in [5, 5.41) is 10.8. The average molecular weight is 220 g/mol. The first kappa shape index (κ1) is 10.2. The number of benzene rings is 1. The first-order valence-electron chi connectivity index (χ1n) is 3.37. The number of ether oxygens (including phenoxy) is 1. The average Bonchev–Trinajstić information content (AvgIpc) is 2.02. The molecule has 0 heterocycles. The van der Waals surface area contributed by atoms with E-state index in [4.69, 9.17) is 27.9 Å². The van der Waals surface area contributed by atoms with Crippen LogP contribution in [0, 0.1) is 0 Å². The molecule has 0 aliphatic carbocycles. The summed E-state index contributed by atoms with van der Waals surface area (Å²) in [6.07, 6.45) is 0.